The van der Waals surface area contributed by atoms with E-state index in [4.69, 9.17) is 11.6 Å². The lowest BCUT2D eigenvalue weighted by atomic mass is 9.90. The highest BCUT2D eigenvalue weighted by atomic mass is 35.5. The van der Waals surface area contributed by atoms with Crippen LogP contribution >= 0.6 is 11.6 Å². The summed E-state index contributed by atoms with van der Waals surface area (Å²) in [5, 5.41) is 5.06. The predicted octanol–water partition coefficient (Wildman–Crippen LogP) is 4.16. The molecule has 1 unspecified atom stereocenters. The molecule has 2 aromatic carbocycles. The van der Waals surface area contributed by atoms with E-state index in [0.717, 1.165) is 46.4 Å². The van der Waals surface area contributed by atoms with Crippen LogP contribution in [0, 0.1) is 0 Å². The number of likely N-dealkylation sites (tertiary alicyclic amines) is 1. The van der Waals surface area contributed by atoms with E-state index >= 15 is 0 Å². The van der Waals surface area contributed by atoms with Crippen molar-refractivity contribution in [2.75, 3.05) is 20.1 Å². The van der Waals surface area contributed by atoms with E-state index in [2.05, 4.69) is 27.3 Å². The lowest BCUT2D eigenvalue weighted by molar-refractivity contribution is -0.125. The summed E-state index contributed by atoms with van der Waals surface area (Å²) in [6, 6.07) is 16.1. The molecule has 0 radical (unpaired) electrons. The summed E-state index contributed by atoms with van der Waals surface area (Å²) in [6.07, 6.45) is 4.03. The third-order valence-electron chi connectivity index (χ3n) is 5.58. The van der Waals surface area contributed by atoms with Crippen molar-refractivity contribution in [1.82, 2.24) is 15.2 Å². The average Bonchev–Trinajstić information content (AvgIpc) is 3.30. The Balaban J connectivity index is 1.65. The summed E-state index contributed by atoms with van der Waals surface area (Å²) >= 11 is 6.52. The normalized spacial score (nSPS) is 18.7. The fourth-order valence-corrected chi connectivity index (χ4v) is 4.36. The number of carbonyl (C=O) groups is 1. The van der Waals surface area contributed by atoms with Crippen LogP contribution in [0.2, 0.25) is 5.02 Å². The topological polar surface area (TPSA) is 48.1 Å². The number of H-pyrrole nitrogens is 1. The zero-order valence-corrected chi connectivity index (χ0v) is 16.2. The summed E-state index contributed by atoms with van der Waals surface area (Å²) in [7, 11) is 2.02. The Bertz CT molecular complexity index is 951. The molecular weight excluding hydrogens is 358 g/mol. The third-order valence-corrected chi connectivity index (χ3v) is 5.93. The van der Waals surface area contributed by atoms with Crippen LogP contribution in [-0.2, 0) is 4.79 Å². The largest absolute Gasteiger partial charge is 0.361 e. The molecule has 1 fully saturated rings. The maximum Gasteiger partial charge on any atom is 0.237 e. The first kappa shape index (κ1) is 18.1. The molecule has 4 nitrogen and oxygen atoms in total. The Hall–Kier alpha value is -2.30. The molecule has 1 amide bonds. The minimum atomic E-state index is -0.0279. The van der Waals surface area contributed by atoms with Gasteiger partial charge >= 0.3 is 0 Å². The molecule has 0 saturated carbocycles. The van der Waals surface area contributed by atoms with Crippen LogP contribution in [0.15, 0.2) is 54.7 Å². The van der Waals surface area contributed by atoms with Gasteiger partial charge < -0.3 is 10.3 Å². The van der Waals surface area contributed by atoms with Crippen molar-refractivity contribution in [1.29, 1.82) is 0 Å². The quantitative estimate of drug-likeness (QED) is 0.697. The van der Waals surface area contributed by atoms with E-state index in [1.165, 1.54) is 0 Å². The number of rotatable bonds is 5. The lowest BCUT2D eigenvalue weighted by Crippen LogP contribution is -2.42. The fourth-order valence-electron chi connectivity index (χ4n) is 4.09. The van der Waals surface area contributed by atoms with Crippen LogP contribution in [0.4, 0.5) is 0 Å². The molecule has 0 spiro atoms. The number of hydrogen-bond donors (Lipinski definition) is 2. The number of halogens is 1. The third kappa shape index (κ3) is 3.60. The minimum Gasteiger partial charge on any atom is -0.361 e. The molecule has 3 aromatic rings. The maximum absolute atomic E-state index is 12.7. The number of aromatic nitrogens is 1. The average molecular weight is 382 g/mol. The Morgan fingerprint density at radius 2 is 2.00 bits per heavy atom. The highest BCUT2D eigenvalue weighted by Crippen LogP contribution is 2.34. The van der Waals surface area contributed by atoms with Gasteiger partial charge in [0.2, 0.25) is 5.91 Å². The zero-order valence-electron chi connectivity index (χ0n) is 15.4. The number of benzene rings is 2. The summed E-state index contributed by atoms with van der Waals surface area (Å²) in [4.78, 5) is 18.2. The van der Waals surface area contributed by atoms with E-state index in [-0.39, 0.29) is 17.9 Å². The molecule has 0 bridgehead atoms. The van der Waals surface area contributed by atoms with Gasteiger partial charge in [-0.3, -0.25) is 9.69 Å². The Morgan fingerprint density at radius 3 is 2.78 bits per heavy atom. The molecule has 2 atom stereocenters. The van der Waals surface area contributed by atoms with Crippen LogP contribution in [0.1, 0.15) is 29.9 Å². The van der Waals surface area contributed by atoms with Gasteiger partial charge in [-0.1, -0.05) is 48.0 Å². The van der Waals surface area contributed by atoms with Gasteiger partial charge in [0.1, 0.15) is 0 Å². The van der Waals surface area contributed by atoms with Crippen molar-refractivity contribution >= 4 is 28.4 Å². The first-order valence-electron chi connectivity index (χ1n) is 9.43. The fraction of sp³-hybridized carbons (Fsp3) is 0.318. The number of fused-ring (bicyclic) bond motifs is 1. The Morgan fingerprint density at radius 1 is 1.22 bits per heavy atom. The van der Waals surface area contributed by atoms with Gasteiger partial charge in [0.25, 0.3) is 0 Å². The smallest absolute Gasteiger partial charge is 0.237 e. The van der Waals surface area contributed by atoms with Gasteiger partial charge in [-0.05, 0) is 49.7 Å². The van der Waals surface area contributed by atoms with E-state index in [1.54, 1.807) is 0 Å². The second-order valence-corrected chi connectivity index (χ2v) is 7.65. The monoisotopic (exact) mass is 381 g/mol. The molecule has 1 saturated heterocycles. The maximum atomic E-state index is 12.7. The summed E-state index contributed by atoms with van der Waals surface area (Å²) in [6.45, 7) is 1.50. The highest BCUT2D eigenvalue weighted by molar-refractivity contribution is 6.31. The standard InChI is InChI=1S/C22H24ClN3O/c1-26-12-6-11-21(26)22(27)25-14-17(15-7-2-4-9-19(15)23)18-13-24-20-10-5-3-8-16(18)20/h2-5,7-10,13,17,21,24H,6,11-12,14H2,1H3,(H,25,27)/t17?,21-/m0/s1. The van der Waals surface area contributed by atoms with Crippen LogP contribution in [0.3, 0.4) is 0 Å². The SMILES string of the molecule is CN1CCC[C@H]1C(=O)NCC(c1ccccc1Cl)c1c[nH]c2ccccc12. The molecule has 5 heteroatoms. The first-order chi connectivity index (χ1) is 13.1. The number of hydrogen-bond acceptors (Lipinski definition) is 2. The van der Waals surface area contributed by atoms with Crippen molar-refractivity contribution in [2.24, 2.45) is 0 Å². The number of carbonyl (C=O) groups excluding carboxylic acids is 1. The summed E-state index contributed by atoms with van der Waals surface area (Å²) in [5.41, 5.74) is 3.27. The van der Waals surface area contributed by atoms with Crippen molar-refractivity contribution in [3.63, 3.8) is 0 Å². The van der Waals surface area contributed by atoms with Crippen molar-refractivity contribution in [3.8, 4) is 0 Å². The van der Waals surface area contributed by atoms with Gasteiger partial charge in [-0.15, -0.1) is 0 Å². The van der Waals surface area contributed by atoms with Crippen molar-refractivity contribution < 1.29 is 4.79 Å². The van der Waals surface area contributed by atoms with E-state index in [0.29, 0.717) is 6.54 Å². The number of aromatic amines is 1. The molecule has 4 rings (SSSR count). The van der Waals surface area contributed by atoms with Crippen molar-refractivity contribution in [2.45, 2.75) is 24.8 Å². The zero-order chi connectivity index (χ0) is 18.8. The molecule has 140 valence electrons. The van der Waals surface area contributed by atoms with Gasteiger partial charge in [0.15, 0.2) is 0 Å². The lowest BCUT2D eigenvalue weighted by Gasteiger charge is -2.23. The van der Waals surface area contributed by atoms with Gasteiger partial charge in [0.05, 0.1) is 6.04 Å². The molecule has 1 aliphatic heterocycles. The molecule has 27 heavy (non-hydrogen) atoms. The molecule has 2 heterocycles. The second-order valence-electron chi connectivity index (χ2n) is 7.25. The highest BCUT2D eigenvalue weighted by Gasteiger charge is 2.29. The van der Waals surface area contributed by atoms with Crippen LogP contribution in [0.5, 0.6) is 0 Å². The van der Waals surface area contributed by atoms with Gasteiger partial charge in [-0.2, -0.15) is 0 Å². The number of para-hydroxylation sites is 1. The minimum absolute atomic E-state index is 0.00879. The van der Waals surface area contributed by atoms with Crippen LogP contribution in [-0.4, -0.2) is 42.0 Å². The first-order valence-corrected chi connectivity index (χ1v) is 9.81. The number of nitrogens with one attached hydrogen (secondary N) is 2. The summed E-state index contributed by atoms with van der Waals surface area (Å²) < 4.78 is 0. The number of nitrogens with zero attached hydrogens (tertiary/aromatic N) is 1. The van der Waals surface area contributed by atoms with E-state index in [9.17, 15) is 4.79 Å². The van der Waals surface area contributed by atoms with Crippen molar-refractivity contribution in [3.05, 3.63) is 70.9 Å². The van der Waals surface area contributed by atoms with E-state index < -0.39 is 0 Å². The van der Waals surface area contributed by atoms with Gasteiger partial charge in [0, 0.05) is 34.6 Å². The molecule has 0 aliphatic carbocycles. The molecular formula is C22H24ClN3O. The number of amides is 1. The molecule has 1 aliphatic rings. The van der Waals surface area contributed by atoms with E-state index in [1.807, 2.05) is 49.6 Å². The summed E-state index contributed by atoms with van der Waals surface area (Å²) in [5.74, 6) is 0.0948. The predicted molar refractivity (Wildman–Crippen MR) is 110 cm³/mol. The second kappa shape index (κ2) is 7.75. The Kier molecular flexibility index (Phi) is 5.19. The number of likely N-dealkylation sites (N-methyl/N-ethyl adjacent to an activating group) is 1. The molecule has 2 N–H and O–H groups in total. The van der Waals surface area contributed by atoms with Gasteiger partial charge in [-0.25, -0.2) is 0 Å². The van der Waals surface area contributed by atoms with Crippen LogP contribution in [0.25, 0.3) is 10.9 Å². The Labute approximate surface area is 164 Å². The molecule has 1 aromatic heterocycles. The van der Waals surface area contributed by atoms with Crippen LogP contribution < -0.4 is 5.32 Å².